The lowest BCUT2D eigenvalue weighted by Gasteiger charge is -2.16. The van der Waals surface area contributed by atoms with Crippen molar-refractivity contribution in [3.63, 3.8) is 0 Å². The van der Waals surface area contributed by atoms with Crippen LogP contribution >= 0.6 is 31.9 Å². The van der Waals surface area contributed by atoms with Crippen molar-refractivity contribution >= 4 is 43.5 Å². The van der Waals surface area contributed by atoms with Crippen LogP contribution in [0.2, 0.25) is 0 Å². The number of rotatable bonds is 1. The molecule has 1 fully saturated rings. The third-order valence-corrected chi connectivity index (χ3v) is 4.33. The van der Waals surface area contributed by atoms with Gasteiger partial charge in [0.15, 0.2) is 0 Å². The Hall–Kier alpha value is -0.350. The van der Waals surface area contributed by atoms with E-state index in [1.807, 2.05) is 30.0 Å². The number of amides is 1. The van der Waals surface area contributed by atoms with Crippen molar-refractivity contribution in [3.8, 4) is 0 Å². The minimum absolute atomic E-state index is 0.0125. The summed E-state index contributed by atoms with van der Waals surface area (Å²) in [6.07, 6.45) is 0.883. The molecule has 0 aromatic heterocycles. The Kier molecular flexibility index (Phi) is 3.16. The molecule has 0 aliphatic carbocycles. The zero-order valence-electron chi connectivity index (χ0n) is 8.34. The number of halogens is 2. The highest BCUT2D eigenvalue weighted by molar-refractivity contribution is 9.10. The summed E-state index contributed by atoms with van der Waals surface area (Å²) >= 11 is 6.83. The molecular weight excluding hydrogens is 322 g/mol. The van der Waals surface area contributed by atoms with E-state index < -0.39 is 0 Å². The Morgan fingerprint density at radius 3 is 2.73 bits per heavy atom. The fraction of sp³-hybridized carbons (Fsp3) is 0.364. The molecule has 1 aliphatic rings. The number of aryl methyl sites for hydroxylation is 1. The zero-order valence-corrected chi connectivity index (χ0v) is 11.5. The van der Waals surface area contributed by atoms with Crippen molar-refractivity contribution in [1.82, 2.24) is 0 Å². The molecule has 15 heavy (non-hydrogen) atoms. The van der Waals surface area contributed by atoms with E-state index in [1.54, 1.807) is 0 Å². The van der Waals surface area contributed by atoms with Gasteiger partial charge in [-0.25, -0.2) is 0 Å². The number of alkyl halides is 1. The Labute approximate surface area is 106 Å². The number of carbonyl (C=O) groups is 1. The van der Waals surface area contributed by atoms with Crippen LogP contribution in [0.1, 0.15) is 12.0 Å². The molecule has 0 bridgehead atoms. The first-order chi connectivity index (χ1) is 7.09. The first-order valence-electron chi connectivity index (χ1n) is 4.81. The standard InChI is InChI=1S/C11H11Br2NO/c1-7-6-8(2-3-9(7)12)14-5-4-10(13)11(14)15/h2-3,6,10H,4-5H2,1H3/t10-/m1/s1. The second-order valence-electron chi connectivity index (χ2n) is 3.68. The Morgan fingerprint density at radius 2 is 2.20 bits per heavy atom. The molecule has 80 valence electrons. The lowest BCUT2D eigenvalue weighted by molar-refractivity contribution is -0.116. The number of hydrogen-bond donors (Lipinski definition) is 0. The quantitative estimate of drug-likeness (QED) is 0.723. The SMILES string of the molecule is Cc1cc(N2CC[C@@H](Br)C2=O)ccc1Br. The van der Waals surface area contributed by atoms with Gasteiger partial charge in [0.05, 0.1) is 4.83 Å². The lowest BCUT2D eigenvalue weighted by atomic mass is 10.2. The van der Waals surface area contributed by atoms with Crippen LogP contribution in [0.15, 0.2) is 22.7 Å². The van der Waals surface area contributed by atoms with Gasteiger partial charge in [-0.15, -0.1) is 0 Å². The van der Waals surface area contributed by atoms with Crippen LogP contribution in [0.4, 0.5) is 5.69 Å². The number of anilines is 1. The maximum absolute atomic E-state index is 11.8. The van der Waals surface area contributed by atoms with Crippen molar-refractivity contribution in [2.75, 3.05) is 11.4 Å². The van der Waals surface area contributed by atoms with Gasteiger partial charge in [0, 0.05) is 16.7 Å². The van der Waals surface area contributed by atoms with Gasteiger partial charge in [-0.2, -0.15) is 0 Å². The second kappa shape index (κ2) is 4.26. The van der Waals surface area contributed by atoms with Gasteiger partial charge in [0.1, 0.15) is 0 Å². The fourth-order valence-electron chi connectivity index (χ4n) is 1.70. The van der Waals surface area contributed by atoms with E-state index >= 15 is 0 Å². The Bertz CT molecular complexity index is 406. The van der Waals surface area contributed by atoms with Crippen LogP contribution in [-0.4, -0.2) is 17.3 Å². The molecule has 1 heterocycles. The molecule has 0 saturated carbocycles. The van der Waals surface area contributed by atoms with Crippen molar-refractivity contribution in [2.45, 2.75) is 18.2 Å². The van der Waals surface area contributed by atoms with Crippen molar-refractivity contribution in [2.24, 2.45) is 0 Å². The predicted octanol–water partition coefficient (Wildman–Crippen LogP) is 3.26. The van der Waals surface area contributed by atoms with E-state index in [4.69, 9.17) is 0 Å². The van der Waals surface area contributed by atoms with Crippen LogP contribution < -0.4 is 4.90 Å². The van der Waals surface area contributed by atoms with Gasteiger partial charge in [0.2, 0.25) is 5.91 Å². The summed E-state index contributed by atoms with van der Waals surface area (Å²) in [6, 6.07) is 5.99. The maximum Gasteiger partial charge on any atom is 0.240 e. The maximum atomic E-state index is 11.8. The van der Waals surface area contributed by atoms with Gasteiger partial charge in [-0.1, -0.05) is 31.9 Å². The van der Waals surface area contributed by atoms with Gasteiger partial charge in [-0.05, 0) is 37.1 Å². The summed E-state index contributed by atoms with van der Waals surface area (Å²) in [7, 11) is 0. The lowest BCUT2D eigenvalue weighted by Crippen LogP contribution is -2.27. The van der Waals surface area contributed by atoms with E-state index in [0.717, 1.165) is 28.7 Å². The molecule has 2 rings (SSSR count). The first-order valence-corrected chi connectivity index (χ1v) is 6.52. The Morgan fingerprint density at radius 1 is 1.47 bits per heavy atom. The van der Waals surface area contributed by atoms with Crippen molar-refractivity contribution < 1.29 is 4.79 Å². The van der Waals surface area contributed by atoms with Crippen molar-refractivity contribution in [3.05, 3.63) is 28.2 Å². The van der Waals surface area contributed by atoms with E-state index in [1.165, 1.54) is 0 Å². The number of hydrogen-bond acceptors (Lipinski definition) is 1. The van der Waals surface area contributed by atoms with Gasteiger partial charge in [0.25, 0.3) is 0 Å². The topological polar surface area (TPSA) is 20.3 Å². The summed E-state index contributed by atoms with van der Waals surface area (Å²) in [5.74, 6) is 0.164. The smallest absolute Gasteiger partial charge is 0.240 e. The normalized spacial score (nSPS) is 21.1. The van der Waals surface area contributed by atoms with Gasteiger partial charge >= 0.3 is 0 Å². The van der Waals surface area contributed by atoms with Crippen LogP contribution in [0.3, 0.4) is 0 Å². The van der Waals surface area contributed by atoms with Crippen molar-refractivity contribution in [1.29, 1.82) is 0 Å². The molecule has 1 aromatic carbocycles. The molecule has 0 spiro atoms. The molecule has 0 radical (unpaired) electrons. The fourth-order valence-corrected chi connectivity index (χ4v) is 2.40. The predicted molar refractivity (Wildman–Crippen MR) is 68.6 cm³/mol. The van der Waals surface area contributed by atoms with E-state index in [2.05, 4.69) is 31.9 Å². The van der Waals surface area contributed by atoms with Gasteiger partial charge < -0.3 is 4.90 Å². The third-order valence-electron chi connectivity index (χ3n) is 2.59. The highest BCUT2D eigenvalue weighted by atomic mass is 79.9. The molecule has 0 unspecified atom stereocenters. The second-order valence-corrected chi connectivity index (χ2v) is 5.64. The van der Waals surface area contributed by atoms with E-state index in [-0.39, 0.29) is 10.7 Å². The minimum Gasteiger partial charge on any atom is -0.311 e. The number of nitrogens with zero attached hydrogens (tertiary/aromatic N) is 1. The van der Waals surface area contributed by atoms with Crippen LogP contribution in [0, 0.1) is 6.92 Å². The number of carbonyl (C=O) groups excluding carboxylic acids is 1. The monoisotopic (exact) mass is 331 g/mol. The average Bonchev–Trinajstić information content (AvgIpc) is 2.53. The first kappa shape index (κ1) is 11.1. The van der Waals surface area contributed by atoms with Crippen LogP contribution in [0.25, 0.3) is 0 Å². The molecule has 0 N–H and O–H groups in total. The number of benzene rings is 1. The van der Waals surface area contributed by atoms with Gasteiger partial charge in [-0.3, -0.25) is 4.79 Å². The third kappa shape index (κ3) is 2.11. The van der Waals surface area contributed by atoms with E-state index in [0.29, 0.717) is 0 Å². The molecule has 1 amide bonds. The minimum atomic E-state index is -0.0125. The largest absolute Gasteiger partial charge is 0.311 e. The summed E-state index contributed by atoms with van der Waals surface area (Å²) in [5, 5.41) is 0. The highest BCUT2D eigenvalue weighted by Crippen LogP contribution is 2.28. The summed E-state index contributed by atoms with van der Waals surface area (Å²) in [4.78, 5) is 13.6. The van der Waals surface area contributed by atoms with Crippen LogP contribution in [0.5, 0.6) is 0 Å². The highest BCUT2D eigenvalue weighted by Gasteiger charge is 2.30. The zero-order chi connectivity index (χ0) is 11.0. The summed E-state index contributed by atoms with van der Waals surface area (Å²) in [5.41, 5.74) is 2.14. The molecule has 1 saturated heterocycles. The molecular formula is C11H11Br2NO. The summed E-state index contributed by atoms with van der Waals surface area (Å²) < 4.78 is 1.08. The average molecular weight is 333 g/mol. The van der Waals surface area contributed by atoms with E-state index in [9.17, 15) is 4.79 Å². The van der Waals surface area contributed by atoms with Crippen LogP contribution in [-0.2, 0) is 4.79 Å². The molecule has 4 heteroatoms. The molecule has 1 atom stereocenters. The summed E-state index contributed by atoms with van der Waals surface area (Å²) in [6.45, 7) is 2.83. The molecule has 2 nitrogen and oxygen atoms in total. The molecule has 1 aromatic rings. The Balaban J connectivity index is 2.31. The molecule has 1 aliphatic heterocycles.